The molecule has 1 aliphatic carbocycles. The normalized spacial score (nSPS) is 21.2. The molecule has 7 heteroatoms. The van der Waals surface area contributed by atoms with E-state index in [1.165, 1.54) is 36.3 Å². The SMILES string of the molecule is CCNC(=NCc1sc(C)nc1C)NC1CCCC(SCC)C1.I. The molecule has 0 radical (unpaired) electrons. The lowest BCUT2D eigenvalue weighted by atomic mass is 9.95. The van der Waals surface area contributed by atoms with E-state index >= 15 is 0 Å². The molecule has 0 aliphatic heterocycles. The summed E-state index contributed by atoms with van der Waals surface area (Å²) < 4.78 is 0. The number of halogens is 1. The van der Waals surface area contributed by atoms with Crippen LogP contribution in [-0.2, 0) is 6.54 Å². The topological polar surface area (TPSA) is 49.3 Å². The highest BCUT2D eigenvalue weighted by atomic mass is 127. The minimum absolute atomic E-state index is 0. The van der Waals surface area contributed by atoms with Gasteiger partial charge in [0.25, 0.3) is 0 Å². The third kappa shape index (κ3) is 7.07. The van der Waals surface area contributed by atoms with Gasteiger partial charge >= 0.3 is 0 Å². The molecule has 1 aromatic heterocycles. The van der Waals surface area contributed by atoms with Gasteiger partial charge in [-0.2, -0.15) is 11.8 Å². The smallest absolute Gasteiger partial charge is 0.191 e. The summed E-state index contributed by atoms with van der Waals surface area (Å²) in [5, 5.41) is 8.97. The van der Waals surface area contributed by atoms with Crippen LogP contribution in [0.4, 0.5) is 0 Å². The molecule has 1 saturated carbocycles. The Labute approximate surface area is 172 Å². The standard InChI is InChI=1S/C17H30N4S2.HI/c1-5-18-17(19-11-16-12(3)20-13(4)23-16)21-14-8-7-9-15(10-14)22-6-2;/h14-15H,5-11H2,1-4H3,(H2,18,19,21);1H. The van der Waals surface area contributed by atoms with Crippen molar-refractivity contribution in [3.8, 4) is 0 Å². The van der Waals surface area contributed by atoms with E-state index in [2.05, 4.69) is 55.1 Å². The number of guanidine groups is 1. The predicted octanol–water partition coefficient (Wildman–Crippen LogP) is 4.50. The fourth-order valence-corrected chi connectivity index (χ4v) is 5.08. The second-order valence-electron chi connectivity index (χ2n) is 6.02. The number of thioether (sulfide) groups is 1. The summed E-state index contributed by atoms with van der Waals surface area (Å²) >= 11 is 3.85. The molecule has 0 aromatic carbocycles. The Kier molecular flexibility index (Phi) is 10.6. The van der Waals surface area contributed by atoms with Crippen molar-refractivity contribution in [1.29, 1.82) is 0 Å². The molecule has 1 heterocycles. The molecule has 0 saturated heterocycles. The van der Waals surface area contributed by atoms with Crippen LogP contribution in [-0.4, -0.2) is 34.5 Å². The Morgan fingerprint density at radius 3 is 2.75 bits per heavy atom. The third-order valence-electron chi connectivity index (χ3n) is 4.09. The van der Waals surface area contributed by atoms with Gasteiger partial charge < -0.3 is 10.6 Å². The Hall–Kier alpha value is -0.0200. The minimum Gasteiger partial charge on any atom is -0.357 e. The minimum atomic E-state index is 0. The maximum absolute atomic E-state index is 4.78. The molecule has 2 unspecified atom stereocenters. The highest BCUT2D eigenvalue weighted by Gasteiger charge is 2.22. The molecule has 24 heavy (non-hydrogen) atoms. The fourth-order valence-electron chi connectivity index (χ4n) is 3.05. The average Bonchev–Trinajstić information content (AvgIpc) is 2.84. The zero-order valence-corrected chi connectivity index (χ0v) is 19.2. The number of aryl methyl sites for hydroxylation is 2. The Morgan fingerprint density at radius 2 is 2.12 bits per heavy atom. The van der Waals surface area contributed by atoms with E-state index in [0.717, 1.165) is 28.5 Å². The van der Waals surface area contributed by atoms with Crippen LogP contribution in [0.5, 0.6) is 0 Å². The zero-order chi connectivity index (χ0) is 16.7. The number of hydrogen-bond donors (Lipinski definition) is 2. The van der Waals surface area contributed by atoms with Gasteiger partial charge in [0.1, 0.15) is 0 Å². The second-order valence-corrected chi connectivity index (χ2v) is 8.89. The highest BCUT2D eigenvalue weighted by Crippen LogP contribution is 2.28. The molecule has 0 spiro atoms. The molecule has 2 rings (SSSR count). The van der Waals surface area contributed by atoms with E-state index in [4.69, 9.17) is 4.99 Å². The van der Waals surface area contributed by atoms with Gasteiger partial charge in [-0.15, -0.1) is 35.3 Å². The van der Waals surface area contributed by atoms with Crippen LogP contribution in [0.15, 0.2) is 4.99 Å². The quantitative estimate of drug-likeness (QED) is 0.356. The van der Waals surface area contributed by atoms with Crippen molar-refractivity contribution in [3.63, 3.8) is 0 Å². The summed E-state index contributed by atoms with van der Waals surface area (Å²) in [4.78, 5) is 10.5. The van der Waals surface area contributed by atoms with Crippen LogP contribution < -0.4 is 10.6 Å². The number of nitrogens with zero attached hydrogens (tertiary/aromatic N) is 2. The molecule has 1 aliphatic rings. The summed E-state index contributed by atoms with van der Waals surface area (Å²) in [5.41, 5.74) is 1.11. The maximum Gasteiger partial charge on any atom is 0.191 e. The molecular formula is C17H31IN4S2. The van der Waals surface area contributed by atoms with Crippen molar-refractivity contribution in [1.82, 2.24) is 15.6 Å². The Balaban J connectivity index is 0.00000288. The second kappa shape index (κ2) is 11.6. The van der Waals surface area contributed by atoms with Gasteiger partial charge in [-0.3, -0.25) is 0 Å². The number of aliphatic imine (C=N–C) groups is 1. The van der Waals surface area contributed by atoms with E-state index in [1.54, 1.807) is 11.3 Å². The first-order valence-electron chi connectivity index (χ1n) is 8.71. The predicted molar refractivity (Wildman–Crippen MR) is 119 cm³/mol. The fraction of sp³-hybridized carbons (Fsp3) is 0.765. The molecule has 1 fully saturated rings. The van der Waals surface area contributed by atoms with Crippen molar-refractivity contribution >= 4 is 53.0 Å². The third-order valence-corrected chi connectivity index (χ3v) is 6.38. The summed E-state index contributed by atoms with van der Waals surface area (Å²) in [6, 6.07) is 0.551. The van der Waals surface area contributed by atoms with Crippen molar-refractivity contribution in [2.45, 2.75) is 71.2 Å². The lowest BCUT2D eigenvalue weighted by Crippen LogP contribution is -2.45. The average molecular weight is 483 g/mol. The number of hydrogen-bond acceptors (Lipinski definition) is 4. The van der Waals surface area contributed by atoms with Crippen molar-refractivity contribution in [3.05, 3.63) is 15.6 Å². The van der Waals surface area contributed by atoms with Crippen LogP contribution in [0, 0.1) is 13.8 Å². The first-order valence-corrected chi connectivity index (χ1v) is 10.6. The highest BCUT2D eigenvalue weighted by molar-refractivity contribution is 14.0. The van der Waals surface area contributed by atoms with Gasteiger partial charge in [0.15, 0.2) is 5.96 Å². The van der Waals surface area contributed by atoms with Gasteiger partial charge in [-0.1, -0.05) is 13.3 Å². The van der Waals surface area contributed by atoms with E-state index in [1.807, 2.05) is 0 Å². The first kappa shape index (κ1) is 22.0. The van der Waals surface area contributed by atoms with Gasteiger partial charge in [0.05, 0.1) is 17.2 Å². The van der Waals surface area contributed by atoms with Crippen LogP contribution in [0.25, 0.3) is 0 Å². The maximum atomic E-state index is 4.78. The number of aromatic nitrogens is 1. The molecule has 2 N–H and O–H groups in total. The molecule has 1 aromatic rings. The lowest BCUT2D eigenvalue weighted by Gasteiger charge is -2.30. The zero-order valence-electron chi connectivity index (χ0n) is 15.2. The Morgan fingerprint density at radius 1 is 1.33 bits per heavy atom. The molecule has 0 bridgehead atoms. The van der Waals surface area contributed by atoms with Crippen LogP contribution >= 0.6 is 47.1 Å². The molecule has 138 valence electrons. The number of nitrogens with one attached hydrogen (secondary N) is 2. The molecule has 0 amide bonds. The monoisotopic (exact) mass is 482 g/mol. The van der Waals surface area contributed by atoms with Crippen LogP contribution in [0.2, 0.25) is 0 Å². The van der Waals surface area contributed by atoms with Crippen molar-refractivity contribution < 1.29 is 0 Å². The molecular weight excluding hydrogens is 451 g/mol. The summed E-state index contributed by atoms with van der Waals surface area (Å²) in [6.07, 6.45) is 5.19. The summed E-state index contributed by atoms with van der Waals surface area (Å²) in [5.74, 6) is 2.17. The molecule has 2 atom stereocenters. The first-order chi connectivity index (χ1) is 11.1. The van der Waals surface area contributed by atoms with Gasteiger partial charge in [0.2, 0.25) is 0 Å². The van der Waals surface area contributed by atoms with Crippen molar-refractivity contribution in [2.75, 3.05) is 12.3 Å². The van der Waals surface area contributed by atoms with Crippen LogP contribution in [0.1, 0.15) is 55.1 Å². The number of thiazole rings is 1. The van der Waals surface area contributed by atoms with E-state index in [-0.39, 0.29) is 24.0 Å². The van der Waals surface area contributed by atoms with E-state index < -0.39 is 0 Å². The summed E-state index contributed by atoms with van der Waals surface area (Å²) in [7, 11) is 0. The summed E-state index contributed by atoms with van der Waals surface area (Å²) in [6.45, 7) is 10.1. The van der Waals surface area contributed by atoms with Crippen molar-refractivity contribution in [2.24, 2.45) is 4.99 Å². The van der Waals surface area contributed by atoms with Gasteiger partial charge in [0, 0.05) is 22.7 Å². The van der Waals surface area contributed by atoms with E-state index in [9.17, 15) is 0 Å². The van der Waals surface area contributed by atoms with Gasteiger partial charge in [-0.05, 0) is 45.8 Å². The van der Waals surface area contributed by atoms with E-state index in [0.29, 0.717) is 12.6 Å². The number of rotatable bonds is 6. The Bertz CT molecular complexity index is 517. The molecule has 4 nitrogen and oxygen atoms in total. The lowest BCUT2D eigenvalue weighted by molar-refractivity contribution is 0.419. The van der Waals surface area contributed by atoms with Crippen LogP contribution in [0.3, 0.4) is 0 Å². The largest absolute Gasteiger partial charge is 0.357 e. The van der Waals surface area contributed by atoms with Gasteiger partial charge in [-0.25, -0.2) is 9.98 Å².